The Balaban J connectivity index is 2.00. The molecule has 2 aliphatic heterocycles. The van der Waals surface area contributed by atoms with Gasteiger partial charge in [0, 0.05) is 13.1 Å². The fraction of sp³-hybridized carbons (Fsp3) is 0.500. The minimum absolute atomic E-state index is 0.122. The number of sulfonamides is 1. The number of fused-ring (bicyclic) bond motifs is 1. The molecule has 2 fully saturated rings. The van der Waals surface area contributed by atoms with E-state index in [4.69, 9.17) is 5.11 Å². The van der Waals surface area contributed by atoms with Crippen molar-refractivity contribution in [2.75, 3.05) is 13.1 Å². The number of nitrogens with zero attached hydrogens (tertiary/aromatic N) is 1. The van der Waals surface area contributed by atoms with Gasteiger partial charge in [-0.1, -0.05) is 0 Å². The molecule has 0 radical (unpaired) electrons. The molecule has 21 heavy (non-hydrogen) atoms. The van der Waals surface area contributed by atoms with E-state index in [1.54, 1.807) is 0 Å². The Morgan fingerprint density at radius 1 is 1.48 bits per heavy atom. The maximum absolute atomic E-state index is 12.8. The molecule has 3 rings (SSSR count). The molecule has 114 valence electrons. The molecule has 0 spiro atoms. The van der Waals surface area contributed by atoms with Crippen LogP contribution in [0.25, 0.3) is 0 Å². The van der Waals surface area contributed by atoms with Crippen molar-refractivity contribution in [1.29, 1.82) is 0 Å². The maximum atomic E-state index is 12.8. The molecule has 2 saturated heterocycles. The molecule has 2 aliphatic rings. The van der Waals surface area contributed by atoms with E-state index < -0.39 is 22.0 Å². The predicted molar refractivity (Wildman–Crippen MR) is 74.7 cm³/mol. The first-order valence-corrected chi connectivity index (χ1v) is 8.85. The SMILES string of the molecule is O=C(O)c1sccc1S(=O)(=O)N1CCCC2C(=O)NCC21. The van der Waals surface area contributed by atoms with E-state index in [2.05, 4.69) is 5.32 Å². The van der Waals surface area contributed by atoms with Crippen molar-refractivity contribution in [3.63, 3.8) is 0 Å². The third kappa shape index (κ3) is 2.25. The molecule has 0 bridgehead atoms. The molecule has 0 saturated carbocycles. The molecule has 2 unspecified atom stereocenters. The lowest BCUT2D eigenvalue weighted by molar-refractivity contribution is -0.123. The third-order valence-corrected chi connectivity index (χ3v) is 6.96. The van der Waals surface area contributed by atoms with Gasteiger partial charge in [-0.2, -0.15) is 4.31 Å². The lowest BCUT2D eigenvalue weighted by Crippen LogP contribution is -2.48. The maximum Gasteiger partial charge on any atom is 0.347 e. The minimum Gasteiger partial charge on any atom is -0.477 e. The monoisotopic (exact) mass is 330 g/mol. The average Bonchev–Trinajstić information content (AvgIpc) is 3.06. The number of aromatic carboxylic acids is 1. The van der Waals surface area contributed by atoms with Gasteiger partial charge in [0.15, 0.2) is 0 Å². The summed E-state index contributed by atoms with van der Waals surface area (Å²) in [4.78, 5) is 22.5. The third-order valence-electron chi connectivity index (χ3n) is 3.96. The van der Waals surface area contributed by atoms with E-state index in [1.165, 1.54) is 15.8 Å². The second-order valence-electron chi connectivity index (χ2n) is 5.10. The lowest BCUT2D eigenvalue weighted by Gasteiger charge is -2.34. The Bertz CT molecular complexity index is 696. The van der Waals surface area contributed by atoms with Gasteiger partial charge in [-0.05, 0) is 24.3 Å². The number of nitrogens with one attached hydrogen (secondary N) is 1. The second-order valence-corrected chi connectivity index (χ2v) is 7.87. The van der Waals surface area contributed by atoms with Gasteiger partial charge in [0.1, 0.15) is 9.77 Å². The Labute approximate surface area is 125 Å². The summed E-state index contributed by atoms with van der Waals surface area (Å²) in [5.74, 6) is -1.71. The topological polar surface area (TPSA) is 104 Å². The number of carboxylic acids is 1. The fourth-order valence-corrected chi connectivity index (χ4v) is 5.93. The summed E-state index contributed by atoms with van der Waals surface area (Å²) in [6.45, 7) is 0.600. The zero-order valence-electron chi connectivity index (χ0n) is 11.0. The molecule has 0 aliphatic carbocycles. The fourth-order valence-electron chi connectivity index (χ4n) is 2.99. The number of piperidine rings is 1. The number of rotatable bonds is 3. The van der Waals surface area contributed by atoms with Crippen LogP contribution >= 0.6 is 11.3 Å². The highest BCUT2D eigenvalue weighted by molar-refractivity contribution is 7.89. The molecule has 3 heterocycles. The number of amides is 1. The van der Waals surface area contributed by atoms with Crippen molar-refractivity contribution < 1.29 is 23.1 Å². The van der Waals surface area contributed by atoms with Crippen LogP contribution in [0.15, 0.2) is 16.3 Å². The molecule has 9 heteroatoms. The van der Waals surface area contributed by atoms with Crippen LogP contribution in [0.5, 0.6) is 0 Å². The first kappa shape index (κ1) is 14.5. The summed E-state index contributed by atoms with van der Waals surface area (Å²) < 4.78 is 26.8. The van der Waals surface area contributed by atoms with Gasteiger partial charge in [0.2, 0.25) is 15.9 Å². The van der Waals surface area contributed by atoms with Gasteiger partial charge >= 0.3 is 5.97 Å². The minimum atomic E-state index is -3.90. The molecular weight excluding hydrogens is 316 g/mol. The van der Waals surface area contributed by atoms with Crippen LogP contribution in [-0.2, 0) is 14.8 Å². The van der Waals surface area contributed by atoms with Gasteiger partial charge < -0.3 is 10.4 Å². The van der Waals surface area contributed by atoms with E-state index in [9.17, 15) is 18.0 Å². The highest BCUT2D eigenvalue weighted by Gasteiger charge is 2.46. The van der Waals surface area contributed by atoms with Gasteiger partial charge in [-0.3, -0.25) is 4.79 Å². The Hall–Kier alpha value is -1.45. The largest absolute Gasteiger partial charge is 0.477 e. The molecule has 1 amide bonds. The van der Waals surface area contributed by atoms with Crippen molar-refractivity contribution in [1.82, 2.24) is 9.62 Å². The average molecular weight is 330 g/mol. The molecule has 7 nitrogen and oxygen atoms in total. The standard InChI is InChI=1S/C12H14N2O5S2/c15-11-7-2-1-4-14(8(7)6-13-11)21(18,19)9-3-5-20-10(9)12(16)17/h3,5,7-8H,1-2,4,6H2,(H,13,15)(H,16,17). The van der Waals surface area contributed by atoms with E-state index in [0.717, 1.165) is 11.3 Å². The van der Waals surface area contributed by atoms with Crippen molar-refractivity contribution in [3.8, 4) is 0 Å². The quantitative estimate of drug-likeness (QED) is 0.832. The zero-order chi connectivity index (χ0) is 15.2. The summed E-state index contributed by atoms with van der Waals surface area (Å²) in [6, 6.07) is 0.898. The second kappa shape index (κ2) is 5.08. The van der Waals surface area contributed by atoms with Crippen molar-refractivity contribution >= 4 is 33.2 Å². The first-order valence-electron chi connectivity index (χ1n) is 6.53. The van der Waals surface area contributed by atoms with E-state index in [1.807, 2.05) is 0 Å². The van der Waals surface area contributed by atoms with Crippen LogP contribution in [0.1, 0.15) is 22.5 Å². The lowest BCUT2D eigenvalue weighted by atomic mass is 9.93. The van der Waals surface area contributed by atoms with Crippen LogP contribution in [-0.4, -0.2) is 48.8 Å². The summed E-state index contributed by atoms with van der Waals surface area (Å²) in [5.41, 5.74) is 0. The van der Waals surface area contributed by atoms with Crippen LogP contribution in [0, 0.1) is 5.92 Å². The van der Waals surface area contributed by atoms with Crippen molar-refractivity contribution in [2.45, 2.75) is 23.8 Å². The van der Waals surface area contributed by atoms with E-state index in [-0.39, 0.29) is 28.1 Å². The molecule has 2 N–H and O–H groups in total. The number of carbonyl (C=O) groups is 2. The summed E-state index contributed by atoms with van der Waals surface area (Å²) in [7, 11) is -3.90. The highest BCUT2D eigenvalue weighted by atomic mass is 32.2. The number of hydrogen-bond acceptors (Lipinski definition) is 5. The van der Waals surface area contributed by atoms with E-state index in [0.29, 0.717) is 19.4 Å². The zero-order valence-corrected chi connectivity index (χ0v) is 12.6. The summed E-state index contributed by atoms with van der Waals surface area (Å²) in [6.07, 6.45) is 1.26. The molecule has 0 aromatic carbocycles. The Morgan fingerprint density at radius 2 is 2.24 bits per heavy atom. The molecule has 2 atom stereocenters. The van der Waals surface area contributed by atoms with Crippen LogP contribution < -0.4 is 5.32 Å². The Morgan fingerprint density at radius 3 is 2.95 bits per heavy atom. The van der Waals surface area contributed by atoms with Crippen molar-refractivity contribution in [2.24, 2.45) is 5.92 Å². The first-order chi connectivity index (χ1) is 9.93. The van der Waals surface area contributed by atoms with Gasteiger partial charge in [0.25, 0.3) is 0 Å². The molecule has 1 aromatic rings. The molecular formula is C12H14N2O5S2. The van der Waals surface area contributed by atoms with Gasteiger partial charge in [-0.15, -0.1) is 11.3 Å². The smallest absolute Gasteiger partial charge is 0.347 e. The van der Waals surface area contributed by atoms with Crippen molar-refractivity contribution in [3.05, 3.63) is 16.3 Å². The van der Waals surface area contributed by atoms with Crippen LogP contribution in [0.3, 0.4) is 0 Å². The Kier molecular flexibility index (Phi) is 3.50. The summed E-state index contributed by atoms with van der Waals surface area (Å²) in [5, 5.41) is 13.2. The number of carbonyl (C=O) groups excluding carboxylic acids is 1. The highest BCUT2D eigenvalue weighted by Crippen LogP contribution is 2.34. The number of hydrogen-bond donors (Lipinski definition) is 2. The van der Waals surface area contributed by atoms with Gasteiger partial charge in [-0.25, -0.2) is 13.2 Å². The van der Waals surface area contributed by atoms with Gasteiger partial charge in [0.05, 0.1) is 12.0 Å². The summed E-state index contributed by atoms with van der Waals surface area (Å²) >= 11 is 0.886. The van der Waals surface area contributed by atoms with E-state index >= 15 is 0 Å². The normalized spacial score (nSPS) is 26.4. The molecule has 1 aromatic heterocycles. The predicted octanol–water partition coefficient (Wildman–Crippen LogP) is 0.345. The van der Waals surface area contributed by atoms with Crippen LogP contribution in [0.4, 0.5) is 0 Å². The number of carboxylic acid groups (broad SMARTS) is 1. The van der Waals surface area contributed by atoms with Crippen LogP contribution in [0.2, 0.25) is 0 Å². The number of thiophene rings is 1.